The van der Waals surface area contributed by atoms with Gasteiger partial charge in [-0.05, 0) is 67.0 Å². The number of carbonyl (C=O) groups excluding carboxylic acids is 2. The van der Waals surface area contributed by atoms with Crippen LogP contribution in [0.5, 0.6) is 0 Å². The average Bonchev–Trinajstić information content (AvgIpc) is 2.72. The van der Waals surface area contributed by atoms with E-state index in [1.165, 1.54) is 19.2 Å². The highest BCUT2D eigenvalue weighted by Crippen LogP contribution is 2.28. The lowest BCUT2D eigenvalue weighted by Gasteiger charge is -2.32. The lowest BCUT2D eigenvalue weighted by atomic mass is 9.99. The first-order chi connectivity index (χ1) is 14.5. The standard InChI is InChI=1S/C22H25BrF2N2O4/c1-12(22(2,3)31-5)26-19-9-13(21(29)30-4)6-7-18(19)27-20(28)10-14-8-17(25)15(23)11-16(14)24/h6-9,11-12,26H,10H2,1-5H3,(H,27,28)/t12-/m1/s1. The molecule has 168 valence electrons. The van der Waals surface area contributed by atoms with Gasteiger partial charge in [0, 0.05) is 12.7 Å². The van der Waals surface area contributed by atoms with Crippen molar-refractivity contribution in [2.45, 2.75) is 38.8 Å². The van der Waals surface area contributed by atoms with Crippen LogP contribution in [0.4, 0.5) is 20.2 Å². The fraction of sp³-hybridized carbons (Fsp3) is 0.364. The number of benzene rings is 2. The van der Waals surface area contributed by atoms with Gasteiger partial charge in [-0.1, -0.05) is 0 Å². The number of hydrogen-bond acceptors (Lipinski definition) is 5. The summed E-state index contributed by atoms with van der Waals surface area (Å²) in [6.07, 6.45) is -0.368. The Morgan fingerprint density at radius 2 is 1.77 bits per heavy atom. The van der Waals surface area contributed by atoms with E-state index in [9.17, 15) is 18.4 Å². The van der Waals surface area contributed by atoms with E-state index in [1.807, 2.05) is 20.8 Å². The SMILES string of the molecule is COC(=O)c1ccc(NC(=O)Cc2cc(F)c(Br)cc2F)c(N[C@H](C)C(C)(C)OC)c1. The average molecular weight is 499 g/mol. The molecule has 0 saturated heterocycles. The van der Waals surface area contributed by atoms with Crippen molar-refractivity contribution >= 4 is 39.2 Å². The summed E-state index contributed by atoms with van der Waals surface area (Å²) in [4.78, 5) is 24.5. The molecule has 2 rings (SSSR count). The van der Waals surface area contributed by atoms with E-state index >= 15 is 0 Å². The third kappa shape index (κ3) is 6.24. The molecule has 1 atom stereocenters. The van der Waals surface area contributed by atoms with Crippen LogP contribution in [0.25, 0.3) is 0 Å². The number of methoxy groups -OCH3 is 2. The molecule has 0 aliphatic rings. The normalized spacial score (nSPS) is 12.3. The monoisotopic (exact) mass is 498 g/mol. The zero-order valence-corrected chi connectivity index (χ0v) is 19.5. The molecule has 0 aliphatic heterocycles. The van der Waals surface area contributed by atoms with Crippen LogP contribution >= 0.6 is 15.9 Å². The number of nitrogens with one attached hydrogen (secondary N) is 2. The minimum Gasteiger partial charge on any atom is -0.465 e. The summed E-state index contributed by atoms with van der Waals surface area (Å²) in [5.41, 5.74) is 0.477. The number of anilines is 2. The van der Waals surface area contributed by atoms with E-state index in [0.717, 1.165) is 12.1 Å². The van der Waals surface area contributed by atoms with Gasteiger partial charge in [0.1, 0.15) is 11.6 Å². The van der Waals surface area contributed by atoms with Crippen molar-refractivity contribution < 1.29 is 27.8 Å². The molecule has 31 heavy (non-hydrogen) atoms. The van der Waals surface area contributed by atoms with Crippen LogP contribution in [0.1, 0.15) is 36.7 Å². The largest absolute Gasteiger partial charge is 0.465 e. The van der Waals surface area contributed by atoms with Crippen molar-refractivity contribution in [3.05, 3.63) is 57.6 Å². The summed E-state index contributed by atoms with van der Waals surface area (Å²) < 4.78 is 38.0. The van der Waals surface area contributed by atoms with E-state index in [1.54, 1.807) is 13.2 Å². The Morgan fingerprint density at radius 1 is 1.10 bits per heavy atom. The number of hydrogen-bond donors (Lipinski definition) is 2. The maximum atomic E-state index is 14.1. The highest BCUT2D eigenvalue weighted by Gasteiger charge is 2.26. The van der Waals surface area contributed by atoms with Crippen LogP contribution in [-0.2, 0) is 20.7 Å². The Morgan fingerprint density at radius 3 is 2.39 bits per heavy atom. The van der Waals surface area contributed by atoms with Gasteiger partial charge < -0.3 is 20.1 Å². The molecule has 2 N–H and O–H groups in total. The molecule has 0 unspecified atom stereocenters. The minimum absolute atomic E-state index is 0.0196. The van der Waals surface area contributed by atoms with Crippen LogP contribution in [-0.4, -0.2) is 37.7 Å². The smallest absolute Gasteiger partial charge is 0.337 e. The molecule has 0 spiro atoms. The van der Waals surface area contributed by atoms with Gasteiger partial charge in [0.25, 0.3) is 0 Å². The summed E-state index contributed by atoms with van der Waals surface area (Å²) in [6, 6.07) is 6.32. The van der Waals surface area contributed by atoms with E-state index < -0.39 is 29.1 Å². The van der Waals surface area contributed by atoms with Gasteiger partial charge in [-0.3, -0.25) is 4.79 Å². The van der Waals surface area contributed by atoms with Gasteiger partial charge >= 0.3 is 5.97 Å². The van der Waals surface area contributed by atoms with Crippen molar-refractivity contribution in [1.29, 1.82) is 0 Å². The van der Waals surface area contributed by atoms with Gasteiger partial charge in [0.05, 0.1) is 46.6 Å². The minimum atomic E-state index is -0.696. The van der Waals surface area contributed by atoms with Crippen LogP contribution in [0.2, 0.25) is 0 Å². The number of carbonyl (C=O) groups is 2. The lowest BCUT2D eigenvalue weighted by Crippen LogP contribution is -2.41. The Labute approximate surface area is 188 Å². The van der Waals surface area contributed by atoms with Crippen molar-refractivity contribution in [3.63, 3.8) is 0 Å². The van der Waals surface area contributed by atoms with E-state index in [2.05, 4.69) is 26.6 Å². The third-order valence-corrected chi connectivity index (χ3v) is 5.70. The van der Waals surface area contributed by atoms with Crippen molar-refractivity contribution in [1.82, 2.24) is 0 Å². The number of halogens is 3. The van der Waals surface area contributed by atoms with Gasteiger partial charge in [0.2, 0.25) is 5.91 Å². The molecule has 0 aliphatic carbocycles. The second kappa shape index (κ2) is 10.2. The molecule has 1 amide bonds. The predicted molar refractivity (Wildman–Crippen MR) is 118 cm³/mol. The van der Waals surface area contributed by atoms with Crippen molar-refractivity contribution in [2.24, 2.45) is 0 Å². The molecule has 2 aromatic carbocycles. The Balaban J connectivity index is 2.30. The van der Waals surface area contributed by atoms with Crippen LogP contribution in [0.3, 0.4) is 0 Å². The Hall–Kier alpha value is -2.52. The molecule has 2 aromatic rings. The molecule has 0 heterocycles. The fourth-order valence-corrected chi connectivity index (χ4v) is 2.98. The van der Waals surface area contributed by atoms with E-state index in [0.29, 0.717) is 11.4 Å². The maximum Gasteiger partial charge on any atom is 0.337 e. The molecule has 0 aromatic heterocycles. The third-order valence-electron chi connectivity index (χ3n) is 5.10. The summed E-state index contributed by atoms with van der Waals surface area (Å²) in [5, 5.41) is 5.91. The lowest BCUT2D eigenvalue weighted by molar-refractivity contribution is -0.115. The maximum absolute atomic E-state index is 14.1. The number of amides is 1. The van der Waals surface area contributed by atoms with Gasteiger partial charge in [-0.15, -0.1) is 0 Å². The van der Waals surface area contributed by atoms with Crippen molar-refractivity contribution in [3.8, 4) is 0 Å². The number of esters is 1. The summed E-state index contributed by atoms with van der Waals surface area (Å²) in [7, 11) is 2.85. The highest BCUT2D eigenvalue weighted by molar-refractivity contribution is 9.10. The quantitative estimate of drug-likeness (QED) is 0.399. The first-order valence-corrected chi connectivity index (χ1v) is 10.2. The predicted octanol–water partition coefficient (Wildman–Crippen LogP) is 4.92. The molecule has 0 bridgehead atoms. The first-order valence-electron chi connectivity index (χ1n) is 9.45. The molecule has 0 fully saturated rings. The summed E-state index contributed by atoms with van der Waals surface area (Å²) >= 11 is 2.91. The first kappa shape index (κ1) is 24.7. The zero-order chi connectivity index (χ0) is 23.3. The topological polar surface area (TPSA) is 76.7 Å². The Kier molecular flexibility index (Phi) is 8.14. The van der Waals surface area contributed by atoms with E-state index in [4.69, 9.17) is 9.47 Å². The molecule has 0 saturated carbocycles. The van der Waals surface area contributed by atoms with Gasteiger partial charge in [-0.25, -0.2) is 13.6 Å². The molecule has 6 nitrogen and oxygen atoms in total. The van der Waals surface area contributed by atoms with Crippen LogP contribution in [0, 0.1) is 11.6 Å². The summed E-state index contributed by atoms with van der Waals surface area (Å²) in [6.45, 7) is 5.66. The molecule has 0 radical (unpaired) electrons. The number of rotatable bonds is 8. The Bertz CT molecular complexity index is 982. The fourth-order valence-electron chi connectivity index (χ4n) is 2.67. The van der Waals surface area contributed by atoms with E-state index in [-0.39, 0.29) is 28.1 Å². The van der Waals surface area contributed by atoms with Crippen molar-refractivity contribution in [2.75, 3.05) is 24.9 Å². The molecular formula is C22H25BrF2N2O4. The summed E-state index contributed by atoms with van der Waals surface area (Å²) in [5.74, 6) is -2.44. The van der Waals surface area contributed by atoms with Crippen LogP contribution in [0.15, 0.2) is 34.8 Å². The molecular weight excluding hydrogens is 474 g/mol. The molecule has 9 heteroatoms. The highest BCUT2D eigenvalue weighted by atomic mass is 79.9. The second-order valence-corrected chi connectivity index (χ2v) is 8.36. The van der Waals surface area contributed by atoms with Crippen LogP contribution < -0.4 is 10.6 Å². The zero-order valence-electron chi connectivity index (χ0n) is 17.9. The van der Waals surface area contributed by atoms with Gasteiger partial charge in [-0.2, -0.15) is 0 Å². The van der Waals surface area contributed by atoms with Gasteiger partial charge in [0.15, 0.2) is 0 Å². The second-order valence-electron chi connectivity index (χ2n) is 7.51. The number of ether oxygens (including phenoxy) is 2.